The molecule has 166 valence electrons. The fourth-order valence-electron chi connectivity index (χ4n) is 3.32. The van der Waals surface area contributed by atoms with Crippen molar-refractivity contribution in [3.8, 4) is 0 Å². The van der Waals surface area contributed by atoms with Crippen LogP contribution in [0.25, 0.3) is 0 Å². The first-order chi connectivity index (χ1) is 15.0. The van der Waals surface area contributed by atoms with E-state index in [-0.39, 0.29) is 11.5 Å². The Hall–Kier alpha value is -4.21. The van der Waals surface area contributed by atoms with Crippen molar-refractivity contribution in [3.05, 3.63) is 65.2 Å². The van der Waals surface area contributed by atoms with Gasteiger partial charge in [-0.1, -0.05) is 12.1 Å². The number of imide groups is 1. The number of benzene rings is 2. The van der Waals surface area contributed by atoms with Crippen LogP contribution in [0, 0.1) is 0 Å². The maximum absolute atomic E-state index is 13.0. The number of hydrogen-bond acceptors (Lipinski definition) is 5. The molecule has 0 bridgehead atoms. The van der Waals surface area contributed by atoms with Gasteiger partial charge < -0.3 is 21.3 Å². The lowest BCUT2D eigenvalue weighted by molar-refractivity contribution is -0.133. The average molecular weight is 437 g/mol. The molecule has 0 aromatic heterocycles. The molecule has 2 aromatic carbocycles. The molecule has 10 nitrogen and oxygen atoms in total. The highest BCUT2D eigenvalue weighted by molar-refractivity contribution is 6.10. The van der Waals surface area contributed by atoms with Crippen LogP contribution < -0.4 is 16.4 Å². The third-order valence-electron chi connectivity index (χ3n) is 5.12. The van der Waals surface area contributed by atoms with Crippen LogP contribution in [0.3, 0.4) is 0 Å². The van der Waals surface area contributed by atoms with E-state index in [0.717, 1.165) is 4.90 Å². The predicted octanol–water partition coefficient (Wildman–Crippen LogP) is 0.893. The third kappa shape index (κ3) is 4.29. The minimum atomic E-state index is -1.45. The van der Waals surface area contributed by atoms with Gasteiger partial charge in [0.1, 0.15) is 12.1 Å². The van der Waals surface area contributed by atoms with Crippen molar-refractivity contribution in [3.63, 3.8) is 0 Å². The van der Waals surface area contributed by atoms with Crippen LogP contribution in [-0.4, -0.2) is 60.1 Å². The average Bonchev–Trinajstić information content (AvgIpc) is 2.97. The maximum Gasteiger partial charge on any atom is 0.325 e. The van der Waals surface area contributed by atoms with Crippen LogP contribution in [0.15, 0.2) is 48.5 Å². The molecular weight excluding hydrogens is 414 g/mol. The van der Waals surface area contributed by atoms with Gasteiger partial charge in [-0.2, -0.15) is 0 Å². The smallest absolute Gasteiger partial charge is 0.325 e. The summed E-state index contributed by atoms with van der Waals surface area (Å²) in [7, 11) is 3.27. The SMILES string of the molecule is CN(C)C(=O)c1ccc(NC(=O)CN2C(=O)NC(C)(c3cccc(C(N)=O)c3)C2=O)cc1. The number of amides is 6. The van der Waals surface area contributed by atoms with Crippen molar-refractivity contribution < 1.29 is 24.0 Å². The molecule has 1 saturated heterocycles. The predicted molar refractivity (Wildman–Crippen MR) is 116 cm³/mol. The summed E-state index contributed by atoms with van der Waals surface area (Å²) in [5.74, 6) is -2.06. The summed E-state index contributed by atoms with van der Waals surface area (Å²) in [6.45, 7) is 0.986. The van der Waals surface area contributed by atoms with Crippen molar-refractivity contribution in [2.45, 2.75) is 12.5 Å². The molecule has 0 saturated carbocycles. The number of hydrogen-bond donors (Lipinski definition) is 3. The van der Waals surface area contributed by atoms with E-state index in [1.54, 1.807) is 50.5 Å². The highest BCUT2D eigenvalue weighted by Gasteiger charge is 2.49. The molecule has 2 aromatic rings. The number of nitrogens with two attached hydrogens (primary N) is 1. The first kappa shape index (κ1) is 22.5. The largest absolute Gasteiger partial charge is 0.366 e. The number of carbonyl (C=O) groups excluding carboxylic acids is 5. The van der Waals surface area contributed by atoms with Gasteiger partial charge in [-0.25, -0.2) is 4.79 Å². The van der Waals surface area contributed by atoms with Crippen LogP contribution >= 0.6 is 0 Å². The van der Waals surface area contributed by atoms with Gasteiger partial charge in [0.05, 0.1) is 0 Å². The first-order valence-electron chi connectivity index (χ1n) is 9.69. The van der Waals surface area contributed by atoms with Crippen molar-refractivity contribution in [2.75, 3.05) is 26.0 Å². The maximum atomic E-state index is 13.0. The van der Waals surface area contributed by atoms with Gasteiger partial charge in [0.25, 0.3) is 11.8 Å². The molecule has 0 spiro atoms. The van der Waals surface area contributed by atoms with Gasteiger partial charge in [0.2, 0.25) is 11.8 Å². The van der Waals surface area contributed by atoms with Crippen molar-refractivity contribution in [1.29, 1.82) is 0 Å². The Kier molecular flexibility index (Phi) is 5.97. The molecule has 0 radical (unpaired) electrons. The van der Waals surface area contributed by atoms with Crippen LogP contribution in [0.2, 0.25) is 0 Å². The lowest BCUT2D eigenvalue weighted by Crippen LogP contribution is -2.42. The van der Waals surface area contributed by atoms with Gasteiger partial charge in [0, 0.05) is 30.9 Å². The van der Waals surface area contributed by atoms with Gasteiger partial charge in [-0.15, -0.1) is 0 Å². The molecule has 1 fully saturated rings. The van der Waals surface area contributed by atoms with E-state index in [1.807, 2.05) is 0 Å². The van der Waals surface area contributed by atoms with Crippen LogP contribution in [0.1, 0.15) is 33.2 Å². The molecule has 32 heavy (non-hydrogen) atoms. The van der Waals surface area contributed by atoms with Crippen molar-refractivity contribution in [2.24, 2.45) is 5.73 Å². The first-order valence-corrected chi connectivity index (χ1v) is 9.69. The molecule has 3 rings (SSSR count). The number of nitrogens with one attached hydrogen (secondary N) is 2. The molecule has 1 heterocycles. The zero-order valence-electron chi connectivity index (χ0n) is 17.8. The molecular formula is C22H23N5O5. The topological polar surface area (TPSA) is 142 Å². The van der Waals surface area contributed by atoms with E-state index in [1.165, 1.54) is 24.0 Å². The summed E-state index contributed by atoms with van der Waals surface area (Å²) >= 11 is 0. The minimum absolute atomic E-state index is 0.179. The summed E-state index contributed by atoms with van der Waals surface area (Å²) < 4.78 is 0. The Balaban J connectivity index is 1.71. The minimum Gasteiger partial charge on any atom is -0.366 e. The number of anilines is 1. The van der Waals surface area contributed by atoms with E-state index < -0.39 is 35.8 Å². The zero-order chi connectivity index (χ0) is 23.6. The van der Waals surface area contributed by atoms with Crippen molar-refractivity contribution >= 4 is 35.3 Å². The quantitative estimate of drug-likeness (QED) is 0.576. The summed E-state index contributed by atoms with van der Waals surface area (Å²) in [4.78, 5) is 63.5. The molecule has 4 N–H and O–H groups in total. The fourth-order valence-corrected chi connectivity index (χ4v) is 3.32. The molecule has 1 aliphatic heterocycles. The number of primary amides is 1. The number of carbonyl (C=O) groups is 5. The van der Waals surface area contributed by atoms with Gasteiger partial charge >= 0.3 is 6.03 Å². The number of urea groups is 1. The number of rotatable bonds is 6. The van der Waals surface area contributed by atoms with E-state index in [4.69, 9.17) is 5.73 Å². The molecule has 1 aliphatic rings. The monoisotopic (exact) mass is 437 g/mol. The fraction of sp³-hybridized carbons (Fsp3) is 0.227. The Morgan fingerprint density at radius 1 is 1.06 bits per heavy atom. The summed E-state index contributed by atoms with van der Waals surface area (Å²) in [5, 5.41) is 5.17. The normalized spacial score (nSPS) is 17.7. The molecule has 1 unspecified atom stereocenters. The van der Waals surface area contributed by atoms with E-state index in [0.29, 0.717) is 16.8 Å². The Bertz CT molecular complexity index is 1110. The zero-order valence-corrected chi connectivity index (χ0v) is 17.8. The third-order valence-corrected chi connectivity index (χ3v) is 5.12. The Morgan fingerprint density at radius 3 is 2.31 bits per heavy atom. The van der Waals surface area contributed by atoms with E-state index in [9.17, 15) is 24.0 Å². The highest BCUT2D eigenvalue weighted by Crippen LogP contribution is 2.29. The molecule has 10 heteroatoms. The second-order valence-electron chi connectivity index (χ2n) is 7.72. The number of nitrogens with zero attached hydrogens (tertiary/aromatic N) is 2. The van der Waals surface area contributed by atoms with Gasteiger partial charge in [-0.05, 0) is 48.9 Å². The second-order valence-corrected chi connectivity index (χ2v) is 7.72. The van der Waals surface area contributed by atoms with E-state index in [2.05, 4.69) is 10.6 Å². The van der Waals surface area contributed by atoms with Crippen LogP contribution in [-0.2, 0) is 15.1 Å². The molecule has 0 aliphatic carbocycles. The van der Waals surface area contributed by atoms with Gasteiger partial charge in [-0.3, -0.25) is 24.1 Å². The standard InChI is InChI=1S/C22H23N5O5/c1-22(15-6-4-5-14(11-15)18(23)29)20(31)27(21(32)25-22)12-17(28)24-16-9-7-13(8-10-16)19(30)26(2)3/h4-11H,12H2,1-3H3,(H2,23,29)(H,24,28)(H,25,32). The summed E-state index contributed by atoms with van der Waals surface area (Å²) in [6, 6.07) is 11.6. The Labute approximate surface area is 184 Å². The highest BCUT2D eigenvalue weighted by atomic mass is 16.2. The molecule has 6 amide bonds. The van der Waals surface area contributed by atoms with Crippen LogP contribution in [0.5, 0.6) is 0 Å². The lowest BCUT2D eigenvalue weighted by atomic mass is 9.90. The van der Waals surface area contributed by atoms with Crippen LogP contribution in [0.4, 0.5) is 10.5 Å². The molecule has 1 atom stereocenters. The van der Waals surface area contributed by atoms with E-state index >= 15 is 0 Å². The van der Waals surface area contributed by atoms with Crippen molar-refractivity contribution in [1.82, 2.24) is 15.1 Å². The van der Waals surface area contributed by atoms with Gasteiger partial charge in [0.15, 0.2) is 0 Å². The Morgan fingerprint density at radius 2 is 1.72 bits per heavy atom. The summed E-state index contributed by atoms with van der Waals surface area (Å²) in [6.07, 6.45) is 0. The second kappa shape index (κ2) is 8.50. The summed E-state index contributed by atoms with van der Waals surface area (Å²) in [5.41, 5.74) is 5.28. The lowest BCUT2D eigenvalue weighted by Gasteiger charge is -2.22.